The molecule has 1 heterocycles. The number of nitrogens with one attached hydrogen (secondary N) is 3. The van der Waals surface area contributed by atoms with Crippen LogP contribution in [0.25, 0.3) is 0 Å². The van der Waals surface area contributed by atoms with Crippen LogP contribution in [0.4, 0.5) is 5.69 Å². The van der Waals surface area contributed by atoms with Crippen LogP contribution < -0.4 is 16.2 Å². The van der Waals surface area contributed by atoms with Crippen LogP contribution in [-0.2, 0) is 0 Å². The molecule has 1 aromatic carbocycles. The Labute approximate surface area is 127 Å². The number of carbonyl (C=O) groups excluding carboxylic acids is 1. The highest BCUT2D eigenvalue weighted by molar-refractivity contribution is 7.80. The van der Waals surface area contributed by atoms with Crippen molar-refractivity contribution in [2.75, 3.05) is 5.32 Å². The maximum Gasteiger partial charge on any atom is 0.279 e. The van der Waals surface area contributed by atoms with E-state index in [0.29, 0.717) is 9.99 Å². The predicted molar refractivity (Wildman–Crippen MR) is 87.1 cm³/mol. The van der Waals surface area contributed by atoms with E-state index in [1.54, 1.807) is 6.07 Å². The molecule has 0 saturated carbocycles. The first kappa shape index (κ1) is 14.5. The van der Waals surface area contributed by atoms with Crippen molar-refractivity contribution in [3.05, 3.63) is 51.7 Å². The minimum Gasteiger partial charge on any atom is -0.331 e. The fourth-order valence-corrected chi connectivity index (χ4v) is 2.35. The number of anilines is 1. The Kier molecular flexibility index (Phi) is 4.70. The van der Waals surface area contributed by atoms with Gasteiger partial charge in [0.2, 0.25) is 0 Å². The summed E-state index contributed by atoms with van der Waals surface area (Å²) in [5.41, 5.74) is 8.52. The van der Waals surface area contributed by atoms with Gasteiger partial charge in [-0.25, -0.2) is 0 Å². The first-order chi connectivity index (χ1) is 9.56. The largest absolute Gasteiger partial charge is 0.331 e. The zero-order valence-corrected chi connectivity index (χ0v) is 12.8. The van der Waals surface area contributed by atoms with Crippen molar-refractivity contribution in [2.24, 2.45) is 0 Å². The Morgan fingerprint density at radius 3 is 2.60 bits per heavy atom. The van der Waals surface area contributed by atoms with E-state index in [4.69, 9.17) is 12.2 Å². The van der Waals surface area contributed by atoms with Gasteiger partial charge in [0.1, 0.15) is 0 Å². The van der Waals surface area contributed by atoms with E-state index in [-0.39, 0.29) is 5.91 Å². The summed E-state index contributed by atoms with van der Waals surface area (Å²) in [6.07, 6.45) is 0. The van der Waals surface area contributed by atoms with E-state index in [2.05, 4.69) is 23.1 Å². The molecule has 0 spiro atoms. The van der Waals surface area contributed by atoms with Gasteiger partial charge in [0.25, 0.3) is 5.91 Å². The summed E-state index contributed by atoms with van der Waals surface area (Å²) >= 11 is 6.50. The van der Waals surface area contributed by atoms with Crippen LogP contribution in [0.2, 0.25) is 0 Å². The second-order valence-corrected chi connectivity index (χ2v) is 5.67. The predicted octanol–water partition coefficient (Wildman–Crippen LogP) is 3.00. The lowest BCUT2D eigenvalue weighted by atomic mass is 10.1. The van der Waals surface area contributed by atoms with Crippen molar-refractivity contribution in [1.29, 1.82) is 0 Å². The molecule has 20 heavy (non-hydrogen) atoms. The summed E-state index contributed by atoms with van der Waals surface area (Å²) in [4.78, 5) is 12.3. The third-order valence-electron chi connectivity index (χ3n) is 2.80. The molecule has 104 valence electrons. The van der Waals surface area contributed by atoms with Gasteiger partial charge in [-0.05, 0) is 60.8 Å². The third-order valence-corrected chi connectivity index (χ3v) is 3.87. The Hall–Kier alpha value is -1.92. The van der Waals surface area contributed by atoms with Crippen molar-refractivity contribution >= 4 is 40.3 Å². The Morgan fingerprint density at radius 1 is 1.15 bits per heavy atom. The maximum absolute atomic E-state index is 11.7. The summed E-state index contributed by atoms with van der Waals surface area (Å²) in [7, 11) is 0. The fourth-order valence-electron chi connectivity index (χ4n) is 1.56. The van der Waals surface area contributed by atoms with E-state index in [1.165, 1.54) is 22.5 Å². The number of rotatable bonds is 2. The molecular weight excluding hydrogens is 290 g/mol. The van der Waals surface area contributed by atoms with Crippen molar-refractivity contribution in [2.45, 2.75) is 13.8 Å². The van der Waals surface area contributed by atoms with Crippen LogP contribution in [-0.4, -0.2) is 11.0 Å². The molecule has 0 aliphatic carbocycles. The molecule has 2 rings (SSSR count). The molecule has 3 N–H and O–H groups in total. The van der Waals surface area contributed by atoms with Gasteiger partial charge in [0, 0.05) is 5.69 Å². The van der Waals surface area contributed by atoms with Gasteiger partial charge in [-0.1, -0.05) is 12.1 Å². The van der Waals surface area contributed by atoms with Gasteiger partial charge >= 0.3 is 0 Å². The molecule has 0 radical (unpaired) electrons. The normalized spacial score (nSPS) is 9.90. The number of amides is 1. The molecule has 0 bridgehead atoms. The van der Waals surface area contributed by atoms with E-state index in [0.717, 1.165) is 5.69 Å². The minimum atomic E-state index is -0.204. The van der Waals surface area contributed by atoms with Gasteiger partial charge in [-0.15, -0.1) is 11.3 Å². The quantitative estimate of drug-likeness (QED) is 0.590. The van der Waals surface area contributed by atoms with E-state index in [9.17, 15) is 4.79 Å². The second-order valence-electron chi connectivity index (χ2n) is 4.31. The molecule has 0 atom stereocenters. The molecule has 0 fully saturated rings. The monoisotopic (exact) mass is 305 g/mol. The fraction of sp³-hybridized carbons (Fsp3) is 0.143. The van der Waals surface area contributed by atoms with Gasteiger partial charge in [-0.3, -0.25) is 15.6 Å². The average molecular weight is 305 g/mol. The number of hydrogen-bond donors (Lipinski definition) is 3. The summed E-state index contributed by atoms with van der Waals surface area (Å²) in [5, 5.41) is 5.21. The highest BCUT2D eigenvalue weighted by atomic mass is 32.1. The topological polar surface area (TPSA) is 53.2 Å². The Bertz CT molecular complexity index is 623. The lowest BCUT2D eigenvalue weighted by Gasteiger charge is -2.12. The zero-order valence-electron chi connectivity index (χ0n) is 11.2. The van der Waals surface area contributed by atoms with Crippen LogP contribution in [0, 0.1) is 13.8 Å². The van der Waals surface area contributed by atoms with Gasteiger partial charge < -0.3 is 5.32 Å². The summed E-state index contributed by atoms with van der Waals surface area (Å²) < 4.78 is 0. The third kappa shape index (κ3) is 3.79. The second kappa shape index (κ2) is 6.49. The van der Waals surface area contributed by atoms with E-state index < -0.39 is 0 Å². The lowest BCUT2D eigenvalue weighted by Crippen LogP contribution is -2.43. The minimum absolute atomic E-state index is 0.204. The molecule has 1 aromatic heterocycles. The number of hydrazine groups is 1. The molecule has 0 aliphatic rings. The SMILES string of the molecule is Cc1ccc(NC(=S)NNC(=O)c2cccs2)cc1C. The van der Waals surface area contributed by atoms with Crippen molar-refractivity contribution in [3.8, 4) is 0 Å². The van der Waals surface area contributed by atoms with Gasteiger partial charge in [0.05, 0.1) is 4.88 Å². The van der Waals surface area contributed by atoms with Crippen LogP contribution in [0.3, 0.4) is 0 Å². The highest BCUT2D eigenvalue weighted by Crippen LogP contribution is 2.13. The molecule has 6 heteroatoms. The molecule has 0 aliphatic heterocycles. The molecular formula is C14H15N3OS2. The van der Waals surface area contributed by atoms with Crippen molar-refractivity contribution in [3.63, 3.8) is 0 Å². The molecule has 0 saturated heterocycles. The highest BCUT2D eigenvalue weighted by Gasteiger charge is 2.06. The zero-order chi connectivity index (χ0) is 14.5. The number of benzene rings is 1. The van der Waals surface area contributed by atoms with Crippen LogP contribution in [0.1, 0.15) is 20.8 Å². The van der Waals surface area contributed by atoms with Crippen LogP contribution in [0.5, 0.6) is 0 Å². The summed E-state index contributed by atoms with van der Waals surface area (Å²) in [5.74, 6) is -0.204. The average Bonchev–Trinajstić information content (AvgIpc) is 2.94. The maximum atomic E-state index is 11.7. The summed E-state index contributed by atoms with van der Waals surface area (Å²) in [6, 6.07) is 9.54. The van der Waals surface area contributed by atoms with E-state index in [1.807, 2.05) is 36.6 Å². The lowest BCUT2D eigenvalue weighted by molar-refractivity contribution is 0.0948. The smallest absolute Gasteiger partial charge is 0.279 e. The van der Waals surface area contributed by atoms with Crippen LogP contribution in [0.15, 0.2) is 35.7 Å². The van der Waals surface area contributed by atoms with Crippen molar-refractivity contribution < 1.29 is 4.79 Å². The molecule has 1 amide bonds. The number of thiophene rings is 1. The number of carbonyl (C=O) groups is 1. The molecule has 4 nitrogen and oxygen atoms in total. The van der Waals surface area contributed by atoms with Crippen molar-refractivity contribution in [1.82, 2.24) is 10.9 Å². The van der Waals surface area contributed by atoms with Crippen LogP contribution >= 0.6 is 23.6 Å². The Morgan fingerprint density at radius 2 is 1.95 bits per heavy atom. The van der Waals surface area contributed by atoms with Gasteiger partial charge in [-0.2, -0.15) is 0 Å². The standard InChI is InChI=1S/C14H15N3OS2/c1-9-5-6-11(8-10(9)2)15-14(19)17-16-13(18)12-4-3-7-20-12/h3-8H,1-2H3,(H,16,18)(H2,15,17,19). The number of aryl methyl sites for hydroxylation is 2. The van der Waals surface area contributed by atoms with Gasteiger partial charge in [0.15, 0.2) is 5.11 Å². The number of hydrogen-bond acceptors (Lipinski definition) is 3. The molecule has 2 aromatic rings. The summed E-state index contributed by atoms with van der Waals surface area (Å²) in [6.45, 7) is 4.09. The Balaban J connectivity index is 1.86. The number of thiocarbonyl (C=S) groups is 1. The first-order valence-corrected chi connectivity index (χ1v) is 7.33. The molecule has 0 unspecified atom stereocenters. The van der Waals surface area contributed by atoms with E-state index >= 15 is 0 Å². The first-order valence-electron chi connectivity index (χ1n) is 6.04.